The van der Waals surface area contributed by atoms with E-state index >= 15 is 0 Å². The summed E-state index contributed by atoms with van der Waals surface area (Å²) in [5.41, 5.74) is 0.773. The summed E-state index contributed by atoms with van der Waals surface area (Å²) < 4.78 is 17.4. The van der Waals surface area contributed by atoms with E-state index in [1.165, 1.54) is 0 Å². The van der Waals surface area contributed by atoms with E-state index in [0.29, 0.717) is 30.4 Å². The van der Waals surface area contributed by atoms with Crippen molar-refractivity contribution in [1.29, 1.82) is 0 Å². The Bertz CT molecular complexity index is 804. The maximum Gasteiger partial charge on any atom is 0.163 e. The largest absolute Gasteiger partial charge is 0.493 e. The van der Waals surface area contributed by atoms with Crippen molar-refractivity contribution in [2.45, 2.75) is 20.3 Å². The fourth-order valence-electron chi connectivity index (χ4n) is 2.90. The first-order chi connectivity index (χ1) is 13.6. The molecule has 152 valence electrons. The maximum atomic E-state index is 9.06. The third-order valence-electron chi connectivity index (χ3n) is 4.35. The van der Waals surface area contributed by atoms with Crippen LogP contribution in [0.15, 0.2) is 48.9 Å². The van der Waals surface area contributed by atoms with E-state index in [1.807, 2.05) is 25.1 Å². The minimum Gasteiger partial charge on any atom is -0.493 e. The number of benzene rings is 1. The van der Waals surface area contributed by atoms with Gasteiger partial charge in [0.05, 0.1) is 25.8 Å². The van der Waals surface area contributed by atoms with Gasteiger partial charge in [-0.15, -0.1) is 0 Å². The van der Waals surface area contributed by atoms with Crippen molar-refractivity contribution in [1.82, 2.24) is 9.88 Å². The van der Waals surface area contributed by atoms with Crippen molar-refractivity contribution in [2.24, 2.45) is 0 Å². The number of nitrogens with zero attached hydrogens (tertiary/aromatic N) is 2. The molecule has 0 aliphatic carbocycles. The lowest BCUT2D eigenvalue weighted by molar-refractivity contribution is 0.188. The molecule has 1 heterocycles. The van der Waals surface area contributed by atoms with Crippen molar-refractivity contribution < 1.29 is 19.3 Å². The van der Waals surface area contributed by atoms with Gasteiger partial charge in [0.15, 0.2) is 11.5 Å². The topological polar surface area (TPSA) is 64.1 Å². The van der Waals surface area contributed by atoms with Gasteiger partial charge in [-0.25, -0.2) is 0 Å². The molecular weight excluding hydrogens is 356 g/mol. The van der Waals surface area contributed by atoms with Crippen LogP contribution >= 0.6 is 0 Å². The smallest absolute Gasteiger partial charge is 0.163 e. The summed E-state index contributed by atoms with van der Waals surface area (Å²) in [6, 6.07) is 5.58. The number of aliphatic hydroxyl groups is 1. The summed E-state index contributed by atoms with van der Waals surface area (Å²) in [4.78, 5) is 6.62. The van der Waals surface area contributed by atoms with Crippen molar-refractivity contribution in [3.63, 3.8) is 0 Å². The van der Waals surface area contributed by atoms with Crippen LogP contribution < -0.4 is 14.2 Å². The maximum absolute atomic E-state index is 9.06. The summed E-state index contributed by atoms with van der Waals surface area (Å²) in [6.07, 6.45) is 6.06. The standard InChI is InChI=1S/C22H30N2O4/c1-5-8-17(3)28-20-9-10-23-19-16-22(21(26-4)15-18(19)20)27-14-7-11-24(6-2)12-13-25/h5,8-10,15-16,25H,1,6-7,11-14H2,2-4H3/b17-8+. The highest BCUT2D eigenvalue weighted by Gasteiger charge is 2.12. The second-order valence-corrected chi connectivity index (χ2v) is 6.30. The molecule has 6 nitrogen and oxygen atoms in total. The highest BCUT2D eigenvalue weighted by atomic mass is 16.5. The molecule has 0 spiro atoms. The molecule has 0 unspecified atom stereocenters. The number of hydrogen-bond donors (Lipinski definition) is 1. The molecule has 2 aromatic rings. The van der Waals surface area contributed by atoms with E-state index in [2.05, 4.69) is 23.4 Å². The SMILES string of the molecule is C=C/C=C(\C)Oc1ccnc2cc(OCCCN(CC)CCO)c(OC)cc12. The zero-order chi connectivity index (χ0) is 20.4. The van der Waals surface area contributed by atoms with E-state index < -0.39 is 0 Å². The van der Waals surface area contributed by atoms with Gasteiger partial charge < -0.3 is 24.2 Å². The van der Waals surface area contributed by atoms with Crippen LogP contribution in [-0.2, 0) is 0 Å². The fraction of sp³-hybridized carbons (Fsp3) is 0.409. The molecule has 0 amide bonds. The molecule has 0 aliphatic rings. The zero-order valence-corrected chi connectivity index (χ0v) is 17.0. The number of ether oxygens (including phenoxy) is 3. The van der Waals surface area contributed by atoms with Crippen molar-refractivity contribution in [3.8, 4) is 17.2 Å². The Morgan fingerprint density at radius 2 is 2.07 bits per heavy atom. The van der Waals surface area contributed by atoms with Crippen molar-refractivity contribution >= 4 is 10.9 Å². The van der Waals surface area contributed by atoms with Crippen LogP contribution in [0, 0.1) is 0 Å². The Balaban J connectivity index is 2.14. The van der Waals surface area contributed by atoms with Gasteiger partial charge in [-0.2, -0.15) is 0 Å². The average Bonchev–Trinajstić information content (AvgIpc) is 2.70. The normalized spacial score (nSPS) is 11.7. The molecule has 0 saturated heterocycles. The number of hydrogen-bond acceptors (Lipinski definition) is 6. The highest BCUT2D eigenvalue weighted by molar-refractivity contribution is 5.88. The third kappa shape index (κ3) is 5.97. The molecule has 1 N–H and O–H groups in total. The predicted octanol–water partition coefficient (Wildman–Crippen LogP) is 3.80. The zero-order valence-electron chi connectivity index (χ0n) is 17.0. The van der Waals surface area contributed by atoms with Crippen LogP contribution in [0.25, 0.3) is 10.9 Å². The number of rotatable bonds is 12. The first kappa shape index (κ1) is 21.7. The van der Waals surface area contributed by atoms with Gasteiger partial charge in [-0.1, -0.05) is 19.6 Å². The van der Waals surface area contributed by atoms with Crippen LogP contribution in [0.3, 0.4) is 0 Å². The summed E-state index contributed by atoms with van der Waals surface area (Å²) >= 11 is 0. The lowest BCUT2D eigenvalue weighted by Gasteiger charge is -2.19. The van der Waals surface area contributed by atoms with E-state index in [9.17, 15) is 0 Å². The van der Waals surface area contributed by atoms with E-state index in [0.717, 1.165) is 36.2 Å². The highest BCUT2D eigenvalue weighted by Crippen LogP contribution is 2.36. The van der Waals surface area contributed by atoms with Gasteiger partial charge in [0, 0.05) is 30.7 Å². The number of likely N-dealkylation sites (N-methyl/N-ethyl adjacent to an activating group) is 1. The molecule has 28 heavy (non-hydrogen) atoms. The fourth-order valence-corrected chi connectivity index (χ4v) is 2.90. The molecular formula is C22H30N2O4. The molecule has 0 bridgehead atoms. The van der Waals surface area contributed by atoms with Gasteiger partial charge in [0.2, 0.25) is 0 Å². The first-order valence-electron chi connectivity index (χ1n) is 9.52. The minimum atomic E-state index is 0.171. The summed E-state index contributed by atoms with van der Waals surface area (Å²) in [5.74, 6) is 2.74. The monoisotopic (exact) mass is 386 g/mol. The molecule has 0 radical (unpaired) electrons. The average molecular weight is 386 g/mol. The molecule has 2 rings (SSSR count). The minimum absolute atomic E-state index is 0.171. The van der Waals surface area contributed by atoms with E-state index in [4.69, 9.17) is 19.3 Å². The molecule has 1 aromatic heterocycles. The van der Waals surface area contributed by atoms with Gasteiger partial charge in [-0.05, 0) is 38.1 Å². The van der Waals surface area contributed by atoms with Crippen LogP contribution in [0.4, 0.5) is 0 Å². The Morgan fingerprint density at radius 3 is 2.75 bits per heavy atom. The Labute approximate surface area is 167 Å². The number of fused-ring (bicyclic) bond motifs is 1. The Morgan fingerprint density at radius 1 is 1.25 bits per heavy atom. The number of allylic oxidation sites excluding steroid dienone is 3. The number of pyridine rings is 1. The lowest BCUT2D eigenvalue weighted by atomic mass is 10.2. The number of aliphatic hydroxyl groups excluding tert-OH is 1. The van der Waals surface area contributed by atoms with Crippen LogP contribution in [-0.4, -0.2) is 54.9 Å². The van der Waals surface area contributed by atoms with Gasteiger partial charge in [0.25, 0.3) is 0 Å². The van der Waals surface area contributed by atoms with Crippen molar-refractivity contribution in [3.05, 3.63) is 48.9 Å². The predicted molar refractivity (Wildman–Crippen MR) is 112 cm³/mol. The molecule has 1 aromatic carbocycles. The second kappa shape index (κ2) is 11.3. The molecule has 6 heteroatoms. The Kier molecular flexibility index (Phi) is 8.78. The molecule has 0 atom stereocenters. The molecule has 0 aliphatic heterocycles. The van der Waals surface area contributed by atoms with Gasteiger partial charge in [0.1, 0.15) is 11.5 Å². The van der Waals surface area contributed by atoms with Gasteiger partial charge >= 0.3 is 0 Å². The first-order valence-corrected chi connectivity index (χ1v) is 9.52. The quantitative estimate of drug-likeness (QED) is 0.340. The number of methoxy groups -OCH3 is 1. The third-order valence-corrected chi connectivity index (χ3v) is 4.35. The summed E-state index contributed by atoms with van der Waals surface area (Å²) in [7, 11) is 1.62. The second-order valence-electron chi connectivity index (χ2n) is 6.30. The summed E-state index contributed by atoms with van der Waals surface area (Å²) in [5, 5.41) is 9.91. The van der Waals surface area contributed by atoms with Crippen LogP contribution in [0.1, 0.15) is 20.3 Å². The lowest BCUT2D eigenvalue weighted by Crippen LogP contribution is -2.28. The molecule has 0 saturated carbocycles. The summed E-state index contributed by atoms with van der Waals surface area (Å²) in [6.45, 7) is 10.8. The molecule has 0 fully saturated rings. The van der Waals surface area contributed by atoms with Crippen LogP contribution in [0.2, 0.25) is 0 Å². The van der Waals surface area contributed by atoms with E-state index in [-0.39, 0.29) is 6.61 Å². The van der Waals surface area contributed by atoms with E-state index in [1.54, 1.807) is 25.5 Å². The Hall–Kier alpha value is -2.57. The number of aromatic nitrogens is 1. The van der Waals surface area contributed by atoms with Crippen LogP contribution in [0.5, 0.6) is 17.2 Å². The van der Waals surface area contributed by atoms with Crippen molar-refractivity contribution in [2.75, 3.05) is 40.0 Å². The van der Waals surface area contributed by atoms with Gasteiger partial charge in [-0.3, -0.25) is 4.98 Å².